The molecule has 11 heteroatoms. The van der Waals surface area contributed by atoms with Gasteiger partial charge in [-0.15, -0.1) is 0 Å². The Balaban J connectivity index is 1.61. The van der Waals surface area contributed by atoms with Gasteiger partial charge in [-0.25, -0.2) is 4.79 Å². The van der Waals surface area contributed by atoms with Gasteiger partial charge in [0.25, 0.3) is 0 Å². The number of ether oxygens (including phenoxy) is 6. The maximum absolute atomic E-state index is 13.1. The first-order chi connectivity index (χ1) is 20.1. The number of amidine groups is 1. The summed E-state index contributed by atoms with van der Waals surface area (Å²) in [5.41, 5.74) is 0.620. The first-order valence-electron chi connectivity index (χ1n) is 14.0. The van der Waals surface area contributed by atoms with Gasteiger partial charge in [-0.1, -0.05) is 43.0 Å². The van der Waals surface area contributed by atoms with Gasteiger partial charge in [-0.05, 0) is 62.6 Å². The number of methoxy groups -OCH3 is 2. The molecule has 0 aromatic heterocycles. The van der Waals surface area contributed by atoms with Crippen molar-refractivity contribution >= 4 is 29.3 Å². The van der Waals surface area contributed by atoms with Crippen LogP contribution in [-0.4, -0.2) is 78.6 Å². The Morgan fingerprint density at radius 1 is 0.952 bits per heavy atom. The van der Waals surface area contributed by atoms with Crippen molar-refractivity contribution in [2.24, 2.45) is 4.99 Å². The number of aldehydes is 1. The van der Waals surface area contributed by atoms with E-state index in [0.29, 0.717) is 18.1 Å². The predicted molar refractivity (Wildman–Crippen MR) is 160 cm³/mol. The first kappa shape index (κ1) is 31.8. The van der Waals surface area contributed by atoms with Crippen LogP contribution >= 0.6 is 11.8 Å². The van der Waals surface area contributed by atoms with Crippen molar-refractivity contribution in [3.05, 3.63) is 59.7 Å². The van der Waals surface area contributed by atoms with Crippen LogP contribution in [0.15, 0.2) is 53.5 Å². The van der Waals surface area contributed by atoms with Crippen LogP contribution in [0.3, 0.4) is 0 Å². The zero-order chi connectivity index (χ0) is 30.3. The second kappa shape index (κ2) is 14.4. The van der Waals surface area contributed by atoms with E-state index in [9.17, 15) is 9.59 Å². The van der Waals surface area contributed by atoms with Crippen LogP contribution in [0.25, 0.3) is 0 Å². The van der Waals surface area contributed by atoms with Crippen LogP contribution in [0.2, 0.25) is 0 Å². The summed E-state index contributed by atoms with van der Waals surface area (Å²) in [6, 6.07) is 14.5. The average Bonchev–Trinajstić information content (AvgIpc) is 3.40. The molecule has 2 aliphatic rings. The van der Waals surface area contributed by atoms with Crippen LogP contribution in [0.5, 0.6) is 11.5 Å². The van der Waals surface area contributed by atoms with Crippen LogP contribution in [0, 0.1) is 0 Å². The van der Waals surface area contributed by atoms with Crippen molar-refractivity contribution < 1.29 is 38.0 Å². The molecule has 0 N–H and O–H groups in total. The van der Waals surface area contributed by atoms with E-state index in [2.05, 4.69) is 0 Å². The number of benzene rings is 2. The Labute approximate surface area is 251 Å². The third kappa shape index (κ3) is 8.03. The molecule has 2 heterocycles. The van der Waals surface area contributed by atoms with Crippen molar-refractivity contribution in [1.82, 2.24) is 4.90 Å². The molecular formula is C31H40N2O8S. The molecule has 2 aromatic rings. The maximum Gasteiger partial charge on any atom is 0.416 e. The third-order valence-electron chi connectivity index (χ3n) is 6.66. The van der Waals surface area contributed by atoms with Gasteiger partial charge in [0.05, 0.1) is 27.4 Å². The Bertz CT molecular complexity index is 1210. The number of thioether (sulfide) groups is 1. The molecule has 2 aliphatic heterocycles. The van der Waals surface area contributed by atoms with E-state index >= 15 is 0 Å². The molecule has 228 valence electrons. The highest BCUT2D eigenvalue weighted by atomic mass is 32.2. The number of rotatable bonds is 11. The second-order valence-electron chi connectivity index (χ2n) is 11.0. The summed E-state index contributed by atoms with van der Waals surface area (Å²) in [7, 11) is 3.23. The molecule has 42 heavy (non-hydrogen) atoms. The van der Waals surface area contributed by atoms with Crippen LogP contribution in [0.1, 0.15) is 45.2 Å². The summed E-state index contributed by atoms with van der Waals surface area (Å²) >= 11 is 1.30. The number of hydrogen-bond acceptors (Lipinski definition) is 10. The van der Waals surface area contributed by atoms with Gasteiger partial charge in [-0.3, -0.25) is 9.89 Å². The average molecular weight is 601 g/mol. The summed E-state index contributed by atoms with van der Waals surface area (Å²) in [6.07, 6.45) is -1.30. The standard InChI is InChI=1S/C31H40N2O8S/c1-7-16-33(30(35)41-31(2,3)4)29-32-25-27(39-19-21-10-14-23(37-6)15-11-21)26(24(17-34)40-28(25)42-29)38-18-20-8-12-22(36-5)13-9-20/h8-15,17,24-28H,7,16,18-19H2,1-6H3/t24-,25-,26-,27-,28-/m1/s1. The van der Waals surface area contributed by atoms with Crippen LogP contribution < -0.4 is 9.47 Å². The van der Waals surface area contributed by atoms with Gasteiger partial charge in [-0.2, -0.15) is 0 Å². The smallest absolute Gasteiger partial charge is 0.416 e. The summed E-state index contributed by atoms with van der Waals surface area (Å²) in [6.45, 7) is 8.36. The largest absolute Gasteiger partial charge is 0.497 e. The predicted octanol–water partition coefficient (Wildman–Crippen LogP) is 5.22. The molecule has 5 atom stereocenters. The second-order valence-corrected chi connectivity index (χ2v) is 12.1. The van der Waals surface area contributed by atoms with Gasteiger partial charge in [0.1, 0.15) is 46.9 Å². The topological polar surface area (TPSA) is 105 Å². The van der Waals surface area contributed by atoms with Crippen molar-refractivity contribution in [3.63, 3.8) is 0 Å². The van der Waals surface area contributed by atoms with Crippen LogP contribution in [0.4, 0.5) is 4.79 Å². The van der Waals surface area contributed by atoms with E-state index in [1.165, 1.54) is 16.7 Å². The Morgan fingerprint density at radius 3 is 1.98 bits per heavy atom. The molecule has 0 bridgehead atoms. The van der Waals surface area contributed by atoms with E-state index in [0.717, 1.165) is 28.9 Å². The van der Waals surface area contributed by atoms with Gasteiger partial charge >= 0.3 is 6.09 Å². The monoisotopic (exact) mass is 600 g/mol. The number of nitrogens with zero attached hydrogens (tertiary/aromatic N) is 2. The number of aliphatic imine (C=N–C) groups is 1. The van der Waals surface area contributed by atoms with Crippen molar-refractivity contribution in [1.29, 1.82) is 0 Å². The maximum atomic E-state index is 13.1. The minimum Gasteiger partial charge on any atom is -0.497 e. The van der Waals surface area contributed by atoms with Gasteiger partial charge in [0, 0.05) is 6.54 Å². The molecule has 4 rings (SSSR count). The molecule has 0 aliphatic carbocycles. The third-order valence-corrected chi connectivity index (χ3v) is 7.82. The fourth-order valence-electron chi connectivity index (χ4n) is 4.60. The SMILES string of the molecule is CCCN(C(=O)OC(C)(C)C)C1=N[C@@H]2[C@@H](OCc3ccc(OC)cc3)[C@H](OCc3ccc(OC)cc3)[C@@H](C=O)O[C@@H]2S1. The lowest BCUT2D eigenvalue weighted by molar-refractivity contribution is -0.193. The lowest BCUT2D eigenvalue weighted by Gasteiger charge is -2.40. The number of hydrogen-bond donors (Lipinski definition) is 0. The molecule has 0 radical (unpaired) electrons. The highest BCUT2D eigenvalue weighted by Gasteiger charge is 2.52. The van der Waals surface area contributed by atoms with Gasteiger partial charge in [0.15, 0.2) is 11.5 Å². The van der Waals surface area contributed by atoms with E-state index in [4.69, 9.17) is 33.4 Å². The fourth-order valence-corrected chi connectivity index (χ4v) is 5.83. The minimum atomic E-state index is -0.895. The zero-order valence-electron chi connectivity index (χ0n) is 25.0. The molecule has 0 saturated carbocycles. The Hall–Kier alpha value is -3.12. The summed E-state index contributed by atoms with van der Waals surface area (Å²) < 4.78 is 35.2. The Morgan fingerprint density at radius 2 is 1.50 bits per heavy atom. The number of fused-ring (bicyclic) bond motifs is 1. The van der Waals surface area contributed by atoms with Gasteiger partial charge in [0.2, 0.25) is 0 Å². The first-order valence-corrected chi connectivity index (χ1v) is 14.9. The molecule has 0 unspecified atom stereocenters. The molecule has 1 amide bonds. The quantitative estimate of drug-likeness (QED) is 0.321. The number of carbonyl (C=O) groups is 2. The summed E-state index contributed by atoms with van der Waals surface area (Å²) in [5.74, 6) is 1.48. The van der Waals surface area contributed by atoms with Crippen molar-refractivity contribution in [3.8, 4) is 11.5 Å². The van der Waals surface area contributed by atoms with E-state index < -0.39 is 41.5 Å². The highest BCUT2D eigenvalue weighted by Crippen LogP contribution is 2.40. The molecule has 0 spiro atoms. The van der Waals surface area contributed by atoms with Crippen molar-refractivity contribution in [2.45, 2.75) is 82.7 Å². The summed E-state index contributed by atoms with van der Waals surface area (Å²) in [5, 5.41) is 0.472. The molecular weight excluding hydrogens is 560 g/mol. The molecule has 10 nitrogen and oxygen atoms in total. The number of amides is 1. The molecule has 1 fully saturated rings. The normalized spacial score (nSPS) is 23.5. The fraction of sp³-hybridized carbons (Fsp3) is 0.516. The van der Waals surface area contributed by atoms with Gasteiger partial charge < -0.3 is 33.2 Å². The lowest BCUT2D eigenvalue weighted by Crippen LogP contribution is -2.57. The molecule has 2 aromatic carbocycles. The van der Waals surface area contributed by atoms with E-state index in [1.807, 2.05) is 76.2 Å². The van der Waals surface area contributed by atoms with E-state index in [-0.39, 0.29) is 13.2 Å². The summed E-state index contributed by atoms with van der Waals surface area (Å²) in [4.78, 5) is 31.9. The highest BCUT2D eigenvalue weighted by molar-refractivity contribution is 8.14. The molecule has 1 saturated heterocycles. The zero-order valence-corrected chi connectivity index (χ0v) is 25.8. The Kier molecular flexibility index (Phi) is 10.9. The minimum absolute atomic E-state index is 0.228. The van der Waals surface area contributed by atoms with Crippen LogP contribution in [-0.2, 0) is 37.0 Å². The van der Waals surface area contributed by atoms with Crippen molar-refractivity contribution in [2.75, 3.05) is 20.8 Å². The number of carbonyl (C=O) groups excluding carboxylic acids is 2. The van der Waals surface area contributed by atoms with E-state index in [1.54, 1.807) is 14.2 Å². The lowest BCUT2D eigenvalue weighted by atomic mass is 9.98.